The van der Waals surface area contributed by atoms with Gasteiger partial charge in [-0.3, -0.25) is 0 Å². The average molecular weight is 248 g/mol. The molecule has 100 valence electrons. The summed E-state index contributed by atoms with van der Waals surface area (Å²) >= 11 is 0. The zero-order valence-corrected chi connectivity index (χ0v) is 10.6. The van der Waals surface area contributed by atoms with Gasteiger partial charge in [0.05, 0.1) is 5.52 Å². The van der Waals surface area contributed by atoms with Gasteiger partial charge >= 0.3 is 0 Å². The van der Waals surface area contributed by atoms with E-state index in [1.165, 1.54) is 32.4 Å². The molecule has 0 unspecified atom stereocenters. The van der Waals surface area contributed by atoms with Crippen LogP contribution in [0.4, 0.5) is 0 Å². The summed E-state index contributed by atoms with van der Waals surface area (Å²) in [6, 6.07) is 7.88. The number of nitrogens with zero attached hydrogens (tertiary/aromatic N) is 4. The lowest BCUT2D eigenvalue weighted by Gasteiger charge is -2.20. The summed E-state index contributed by atoms with van der Waals surface area (Å²) in [7, 11) is 4.08. The first-order valence-electron chi connectivity index (χ1n) is 6.20. The molecule has 0 N–H and O–H groups in total. The molecule has 1 aliphatic rings. The first-order valence-corrected chi connectivity index (χ1v) is 6.20. The van der Waals surface area contributed by atoms with Gasteiger partial charge in [0.1, 0.15) is 5.52 Å². The van der Waals surface area contributed by atoms with E-state index in [0.29, 0.717) is 0 Å². The Balaban J connectivity index is 0.000000181. The number of benzene rings is 1. The smallest absolute Gasteiger partial charge is 0.113 e. The van der Waals surface area contributed by atoms with E-state index < -0.39 is 0 Å². The number of likely N-dealkylation sites (tertiary alicyclic amines) is 1. The molecule has 2 aromatic rings. The van der Waals surface area contributed by atoms with Gasteiger partial charge in [-0.15, -0.1) is 5.10 Å². The van der Waals surface area contributed by atoms with E-state index in [1.54, 1.807) is 4.68 Å². The van der Waals surface area contributed by atoms with E-state index in [0.717, 1.165) is 11.0 Å². The molecule has 0 aliphatic carbocycles. The monoisotopic (exact) mass is 248 g/mol. The van der Waals surface area contributed by atoms with Gasteiger partial charge in [-0.1, -0.05) is 31.2 Å². The van der Waals surface area contributed by atoms with E-state index in [-0.39, 0.29) is 7.43 Å². The summed E-state index contributed by atoms with van der Waals surface area (Å²) in [5.74, 6) is 0. The molecule has 1 aliphatic heterocycles. The predicted molar refractivity (Wildman–Crippen MR) is 76.6 cm³/mol. The van der Waals surface area contributed by atoms with Crippen molar-refractivity contribution in [3.05, 3.63) is 24.3 Å². The molecular formula is C14H24N4. The van der Waals surface area contributed by atoms with Crippen molar-refractivity contribution in [3.63, 3.8) is 0 Å². The third kappa shape index (κ3) is 3.81. The van der Waals surface area contributed by atoms with Gasteiger partial charge in [0.15, 0.2) is 0 Å². The van der Waals surface area contributed by atoms with Crippen LogP contribution in [0.1, 0.15) is 26.7 Å². The fraction of sp³-hybridized carbons (Fsp3) is 0.571. The Labute approximate surface area is 110 Å². The molecule has 1 aromatic heterocycles. The van der Waals surface area contributed by atoms with Crippen LogP contribution in [-0.2, 0) is 7.05 Å². The maximum atomic E-state index is 3.93. The van der Waals surface area contributed by atoms with Gasteiger partial charge in [0.2, 0.25) is 0 Å². The molecule has 1 fully saturated rings. The first-order chi connectivity index (χ1) is 8.27. The number of hydrogen-bond acceptors (Lipinski definition) is 3. The third-order valence-electron chi connectivity index (χ3n) is 3.10. The minimum atomic E-state index is 0. The lowest BCUT2D eigenvalue weighted by molar-refractivity contribution is 0.277. The van der Waals surface area contributed by atoms with E-state index in [9.17, 15) is 0 Å². The van der Waals surface area contributed by atoms with E-state index in [1.807, 2.05) is 31.3 Å². The maximum absolute atomic E-state index is 3.93. The summed E-state index contributed by atoms with van der Waals surface area (Å²) in [6.45, 7) is 2.64. The lowest BCUT2D eigenvalue weighted by atomic mass is 10.1. The highest BCUT2D eigenvalue weighted by molar-refractivity contribution is 5.73. The first kappa shape index (κ1) is 14.6. The Morgan fingerprint density at radius 2 is 1.67 bits per heavy atom. The van der Waals surface area contributed by atoms with Crippen molar-refractivity contribution in [2.45, 2.75) is 26.7 Å². The molecule has 0 bridgehead atoms. The Morgan fingerprint density at radius 1 is 1.00 bits per heavy atom. The Morgan fingerprint density at radius 3 is 2.22 bits per heavy atom. The largest absolute Gasteiger partial charge is 0.306 e. The predicted octanol–water partition coefficient (Wildman–Crippen LogP) is 2.71. The zero-order valence-electron chi connectivity index (χ0n) is 10.6. The van der Waals surface area contributed by atoms with Crippen LogP contribution in [-0.4, -0.2) is 40.0 Å². The van der Waals surface area contributed by atoms with Gasteiger partial charge in [-0.2, -0.15) is 0 Å². The number of hydrogen-bond donors (Lipinski definition) is 0. The van der Waals surface area contributed by atoms with Crippen molar-refractivity contribution in [2.75, 3.05) is 20.1 Å². The molecule has 1 saturated heterocycles. The number of para-hydroxylation sites is 1. The zero-order chi connectivity index (χ0) is 12.1. The molecule has 18 heavy (non-hydrogen) atoms. The van der Waals surface area contributed by atoms with Gasteiger partial charge in [0, 0.05) is 7.05 Å². The van der Waals surface area contributed by atoms with Crippen LogP contribution in [0.15, 0.2) is 24.3 Å². The maximum Gasteiger partial charge on any atom is 0.113 e. The van der Waals surface area contributed by atoms with Crippen LogP contribution < -0.4 is 0 Å². The van der Waals surface area contributed by atoms with Gasteiger partial charge in [-0.05, 0) is 45.1 Å². The second-order valence-electron chi connectivity index (χ2n) is 4.57. The highest BCUT2D eigenvalue weighted by Gasteiger charge is 2.02. The second kappa shape index (κ2) is 7.11. The topological polar surface area (TPSA) is 34.0 Å². The van der Waals surface area contributed by atoms with E-state index in [4.69, 9.17) is 0 Å². The number of rotatable bonds is 0. The van der Waals surface area contributed by atoms with Crippen LogP contribution in [0.3, 0.4) is 0 Å². The molecule has 2 heterocycles. The molecule has 0 atom stereocenters. The minimum Gasteiger partial charge on any atom is -0.306 e. The average Bonchev–Trinajstić information content (AvgIpc) is 2.74. The van der Waals surface area contributed by atoms with Gasteiger partial charge in [-0.25, -0.2) is 4.68 Å². The minimum absolute atomic E-state index is 0. The quantitative estimate of drug-likeness (QED) is 0.719. The molecule has 1 aromatic carbocycles. The molecule has 0 amide bonds. The molecule has 0 spiro atoms. The lowest BCUT2D eigenvalue weighted by Crippen LogP contribution is -2.24. The Kier molecular flexibility index (Phi) is 5.78. The summed E-state index contributed by atoms with van der Waals surface area (Å²) in [5.41, 5.74) is 2.02. The van der Waals surface area contributed by atoms with Crippen LogP contribution in [0.2, 0.25) is 0 Å². The molecule has 0 saturated carbocycles. The van der Waals surface area contributed by atoms with Crippen molar-refractivity contribution in [2.24, 2.45) is 7.05 Å². The standard InChI is InChI=1S/C7H7N3.C6H13N.CH4/c1-10-7-5-3-2-4-6(7)8-9-10;1-7-5-3-2-4-6-7;/h2-5H,1H3;2-6H2,1H3;1H4. The van der Waals surface area contributed by atoms with Crippen LogP contribution in [0, 0.1) is 0 Å². The summed E-state index contributed by atoms with van der Waals surface area (Å²) in [4.78, 5) is 2.39. The highest BCUT2D eigenvalue weighted by atomic mass is 15.4. The van der Waals surface area contributed by atoms with Crippen LogP contribution in [0.5, 0.6) is 0 Å². The molecule has 3 rings (SSSR count). The fourth-order valence-electron chi connectivity index (χ4n) is 2.04. The van der Waals surface area contributed by atoms with Crippen LogP contribution in [0.25, 0.3) is 11.0 Å². The number of fused-ring (bicyclic) bond motifs is 1. The second-order valence-corrected chi connectivity index (χ2v) is 4.57. The van der Waals surface area contributed by atoms with Crippen molar-refractivity contribution in [1.82, 2.24) is 19.9 Å². The van der Waals surface area contributed by atoms with Gasteiger partial charge < -0.3 is 4.90 Å². The van der Waals surface area contributed by atoms with E-state index >= 15 is 0 Å². The Bertz CT molecular complexity index is 458. The molecule has 0 radical (unpaired) electrons. The number of piperidine rings is 1. The molecule has 4 heteroatoms. The highest BCUT2D eigenvalue weighted by Crippen LogP contribution is 2.06. The summed E-state index contributed by atoms with van der Waals surface area (Å²) in [5, 5.41) is 7.79. The fourth-order valence-corrected chi connectivity index (χ4v) is 2.04. The van der Waals surface area contributed by atoms with Gasteiger partial charge in [0.25, 0.3) is 0 Å². The molecular weight excluding hydrogens is 224 g/mol. The number of aryl methyl sites for hydroxylation is 1. The van der Waals surface area contributed by atoms with Crippen molar-refractivity contribution < 1.29 is 0 Å². The van der Waals surface area contributed by atoms with Crippen LogP contribution >= 0.6 is 0 Å². The summed E-state index contributed by atoms with van der Waals surface area (Å²) in [6.07, 6.45) is 4.28. The normalized spacial score (nSPS) is 15.7. The van der Waals surface area contributed by atoms with Crippen molar-refractivity contribution in [1.29, 1.82) is 0 Å². The SMILES string of the molecule is C.CN1CCCCC1.Cn1nnc2ccccc21. The number of aromatic nitrogens is 3. The third-order valence-corrected chi connectivity index (χ3v) is 3.10. The summed E-state index contributed by atoms with van der Waals surface area (Å²) < 4.78 is 1.76. The molecule has 4 nitrogen and oxygen atoms in total. The van der Waals surface area contributed by atoms with Crippen molar-refractivity contribution >= 4 is 11.0 Å². The van der Waals surface area contributed by atoms with Crippen molar-refractivity contribution in [3.8, 4) is 0 Å². The Hall–Kier alpha value is -1.42. The van der Waals surface area contributed by atoms with E-state index in [2.05, 4.69) is 22.3 Å².